The highest BCUT2D eigenvalue weighted by molar-refractivity contribution is 5.41. The van der Waals surface area contributed by atoms with Gasteiger partial charge in [-0.3, -0.25) is 0 Å². The van der Waals surface area contributed by atoms with Crippen LogP contribution in [0.15, 0.2) is 24.3 Å². The van der Waals surface area contributed by atoms with Crippen LogP contribution >= 0.6 is 0 Å². The van der Waals surface area contributed by atoms with Crippen LogP contribution in [0.3, 0.4) is 0 Å². The van der Waals surface area contributed by atoms with E-state index in [2.05, 4.69) is 30.4 Å². The molecule has 3 atom stereocenters. The molecule has 2 aliphatic rings. The second kappa shape index (κ2) is 2.99. The quantitative estimate of drug-likeness (QED) is 0.671. The largest absolute Gasteiger partial charge is 0.489 e. The van der Waals surface area contributed by atoms with Gasteiger partial charge < -0.3 is 10.1 Å². The number of para-hydroxylation sites is 1. The van der Waals surface area contributed by atoms with Crippen molar-refractivity contribution >= 4 is 0 Å². The summed E-state index contributed by atoms with van der Waals surface area (Å²) in [5, 5.41) is 3.47. The molecular weight excluding hydrogens is 174 g/mol. The Balaban J connectivity index is 2.00. The van der Waals surface area contributed by atoms with Crippen molar-refractivity contribution in [3.05, 3.63) is 29.8 Å². The Morgan fingerprint density at radius 2 is 2.14 bits per heavy atom. The average Bonchev–Trinajstić information content (AvgIpc) is 2.59. The van der Waals surface area contributed by atoms with Gasteiger partial charge in [-0.05, 0) is 6.07 Å². The Bertz CT molecular complexity index is 350. The molecule has 2 heteroatoms. The van der Waals surface area contributed by atoms with Crippen LogP contribution in [0.1, 0.15) is 18.4 Å². The summed E-state index contributed by atoms with van der Waals surface area (Å²) in [6.07, 6.45) is 0.397. The Hall–Kier alpha value is -1.02. The lowest BCUT2D eigenvalue weighted by Gasteiger charge is -2.31. The van der Waals surface area contributed by atoms with Crippen LogP contribution in [0.2, 0.25) is 0 Å². The lowest BCUT2D eigenvalue weighted by Crippen LogP contribution is -2.44. The van der Waals surface area contributed by atoms with Gasteiger partial charge in [-0.2, -0.15) is 0 Å². The topological polar surface area (TPSA) is 21.3 Å². The highest BCUT2D eigenvalue weighted by atomic mass is 16.5. The number of nitrogens with one attached hydrogen (secondary N) is 1. The van der Waals surface area contributed by atoms with Crippen molar-refractivity contribution < 1.29 is 4.74 Å². The standard InChI is InChI=1S/C12H15NO/c1-8-6-13-7-10-9-4-2-3-5-11(9)14-12(8)10/h2-5,8,10,12-13H,6-7H2,1H3. The Labute approximate surface area is 84.3 Å². The molecule has 2 nitrogen and oxygen atoms in total. The van der Waals surface area contributed by atoms with E-state index in [-0.39, 0.29) is 0 Å². The zero-order valence-electron chi connectivity index (χ0n) is 8.36. The molecule has 3 rings (SSSR count). The molecule has 2 aliphatic heterocycles. The third kappa shape index (κ3) is 1.07. The molecule has 74 valence electrons. The summed E-state index contributed by atoms with van der Waals surface area (Å²) in [6.45, 7) is 4.40. The molecule has 0 saturated carbocycles. The van der Waals surface area contributed by atoms with Crippen molar-refractivity contribution in [1.29, 1.82) is 0 Å². The maximum Gasteiger partial charge on any atom is 0.123 e. The molecule has 0 amide bonds. The van der Waals surface area contributed by atoms with Crippen molar-refractivity contribution in [2.75, 3.05) is 13.1 Å². The third-order valence-electron chi connectivity index (χ3n) is 3.37. The number of fused-ring (bicyclic) bond motifs is 3. The zero-order chi connectivity index (χ0) is 9.54. The lowest BCUT2D eigenvalue weighted by atomic mass is 9.85. The van der Waals surface area contributed by atoms with E-state index in [1.54, 1.807) is 0 Å². The van der Waals surface area contributed by atoms with Gasteiger partial charge in [0.15, 0.2) is 0 Å². The molecular formula is C12H15NO. The van der Waals surface area contributed by atoms with Crippen LogP contribution in [0, 0.1) is 5.92 Å². The van der Waals surface area contributed by atoms with E-state index < -0.39 is 0 Å². The number of hydrogen-bond acceptors (Lipinski definition) is 2. The van der Waals surface area contributed by atoms with Gasteiger partial charge in [-0.15, -0.1) is 0 Å². The fourth-order valence-electron chi connectivity index (χ4n) is 2.62. The lowest BCUT2D eigenvalue weighted by molar-refractivity contribution is 0.119. The molecule has 0 radical (unpaired) electrons. The minimum Gasteiger partial charge on any atom is -0.489 e. The fourth-order valence-corrected chi connectivity index (χ4v) is 2.62. The summed E-state index contributed by atoms with van der Waals surface area (Å²) >= 11 is 0. The van der Waals surface area contributed by atoms with Crippen LogP contribution in [0.25, 0.3) is 0 Å². The van der Waals surface area contributed by atoms with Gasteiger partial charge in [0.2, 0.25) is 0 Å². The van der Waals surface area contributed by atoms with Crippen LogP contribution < -0.4 is 10.1 Å². The minimum absolute atomic E-state index is 0.397. The molecule has 1 fully saturated rings. The van der Waals surface area contributed by atoms with Crippen LogP contribution in [0.5, 0.6) is 5.75 Å². The Kier molecular flexibility index (Phi) is 1.77. The molecule has 0 spiro atoms. The Morgan fingerprint density at radius 1 is 1.29 bits per heavy atom. The molecule has 2 heterocycles. The number of rotatable bonds is 0. The summed E-state index contributed by atoms with van der Waals surface area (Å²) in [6, 6.07) is 8.43. The van der Waals surface area contributed by atoms with Crippen molar-refractivity contribution in [2.24, 2.45) is 5.92 Å². The third-order valence-corrected chi connectivity index (χ3v) is 3.37. The van der Waals surface area contributed by atoms with Gasteiger partial charge >= 0.3 is 0 Å². The van der Waals surface area contributed by atoms with Gasteiger partial charge in [0.1, 0.15) is 11.9 Å². The molecule has 14 heavy (non-hydrogen) atoms. The molecule has 1 saturated heterocycles. The van der Waals surface area contributed by atoms with E-state index in [1.807, 2.05) is 6.07 Å². The predicted octanol–water partition coefficient (Wildman–Crippen LogP) is 1.77. The van der Waals surface area contributed by atoms with E-state index in [0.717, 1.165) is 18.8 Å². The van der Waals surface area contributed by atoms with Crippen LogP contribution in [0.4, 0.5) is 0 Å². The van der Waals surface area contributed by atoms with Gasteiger partial charge in [-0.1, -0.05) is 25.1 Å². The maximum atomic E-state index is 5.98. The maximum absolute atomic E-state index is 5.98. The SMILES string of the molecule is CC1CNCC2c3ccccc3OC12. The predicted molar refractivity (Wildman–Crippen MR) is 55.6 cm³/mol. The smallest absolute Gasteiger partial charge is 0.123 e. The van der Waals surface area contributed by atoms with Crippen molar-refractivity contribution in [3.63, 3.8) is 0 Å². The number of hydrogen-bond donors (Lipinski definition) is 1. The minimum atomic E-state index is 0.397. The van der Waals surface area contributed by atoms with Gasteiger partial charge in [0.25, 0.3) is 0 Å². The van der Waals surface area contributed by atoms with Crippen molar-refractivity contribution in [2.45, 2.75) is 18.9 Å². The molecule has 1 aromatic carbocycles. The first-order valence-electron chi connectivity index (χ1n) is 5.32. The number of benzene rings is 1. The van der Waals surface area contributed by atoms with E-state index in [9.17, 15) is 0 Å². The number of piperidine rings is 1. The van der Waals surface area contributed by atoms with E-state index in [0.29, 0.717) is 17.9 Å². The van der Waals surface area contributed by atoms with Gasteiger partial charge in [0.05, 0.1) is 0 Å². The molecule has 3 unspecified atom stereocenters. The highest BCUT2D eigenvalue weighted by Gasteiger charge is 2.39. The summed E-state index contributed by atoms with van der Waals surface area (Å²) in [5.41, 5.74) is 1.39. The molecule has 0 bridgehead atoms. The van der Waals surface area contributed by atoms with Gasteiger partial charge in [-0.25, -0.2) is 0 Å². The summed E-state index contributed by atoms with van der Waals surface area (Å²) in [7, 11) is 0. The summed E-state index contributed by atoms with van der Waals surface area (Å²) in [4.78, 5) is 0. The molecule has 0 aromatic heterocycles. The fraction of sp³-hybridized carbons (Fsp3) is 0.500. The van der Waals surface area contributed by atoms with Crippen molar-refractivity contribution in [3.8, 4) is 5.75 Å². The van der Waals surface area contributed by atoms with Gasteiger partial charge in [0, 0.05) is 30.5 Å². The summed E-state index contributed by atoms with van der Waals surface area (Å²) < 4.78 is 5.98. The van der Waals surface area contributed by atoms with Crippen molar-refractivity contribution in [1.82, 2.24) is 5.32 Å². The normalized spacial score (nSPS) is 34.5. The monoisotopic (exact) mass is 189 g/mol. The summed E-state index contributed by atoms with van der Waals surface area (Å²) in [5.74, 6) is 2.27. The van der Waals surface area contributed by atoms with E-state index >= 15 is 0 Å². The molecule has 1 aromatic rings. The highest BCUT2D eigenvalue weighted by Crippen LogP contribution is 2.41. The van der Waals surface area contributed by atoms with E-state index in [1.165, 1.54) is 5.56 Å². The van der Waals surface area contributed by atoms with Crippen LogP contribution in [-0.2, 0) is 0 Å². The van der Waals surface area contributed by atoms with Crippen LogP contribution in [-0.4, -0.2) is 19.2 Å². The second-order valence-electron chi connectivity index (χ2n) is 4.36. The Morgan fingerprint density at radius 3 is 3.07 bits per heavy atom. The molecule has 0 aliphatic carbocycles. The number of ether oxygens (including phenoxy) is 1. The molecule has 1 N–H and O–H groups in total. The first-order chi connectivity index (χ1) is 6.86. The zero-order valence-corrected chi connectivity index (χ0v) is 8.36. The van der Waals surface area contributed by atoms with E-state index in [4.69, 9.17) is 4.74 Å². The second-order valence-corrected chi connectivity index (χ2v) is 4.36. The average molecular weight is 189 g/mol. The first kappa shape index (κ1) is 8.30. The first-order valence-corrected chi connectivity index (χ1v) is 5.32.